The van der Waals surface area contributed by atoms with Gasteiger partial charge in [0.2, 0.25) is 0 Å². The Bertz CT molecular complexity index is 169. The summed E-state index contributed by atoms with van der Waals surface area (Å²) in [6.45, 7) is 0. The molecule has 0 unspecified atom stereocenters. The average molecular weight is 179 g/mol. The Balaban J connectivity index is 0.000000640. The van der Waals surface area contributed by atoms with E-state index in [-0.39, 0.29) is 24.6 Å². The molecule has 0 aliphatic rings. The number of hydrogen-bond donors (Lipinski definition) is 0. The third-order valence-corrected chi connectivity index (χ3v) is 1.49. The maximum Gasteiger partial charge on any atom is 1.00 e. The third kappa shape index (κ3) is 2.44. The minimum atomic E-state index is 0. The third-order valence-electron chi connectivity index (χ3n) is 0.837. The Morgan fingerprint density at radius 2 is 1.78 bits per heavy atom. The van der Waals surface area contributed by atoms with Gasteiger partial charge in [-0.05, 0) is 6.07 Å². The summed E-state index contributed by atoms with van der Waals surface area (Å²) >= 11 is 3.08. The van der Waals surface area contributed by atoms with Crippen LogP contribution in [-0.2, 0) is 0 Å². The van der Waals surface area contributed by atoms with E-state index in [0.717, 1.165) is 0 Å². The standard InChI is InChI=1S/C6H5BrO.Li/c7-5-3-1-2-4-6(5)8;/h1-4,8H;/q;+1/p-1. The topological polar surface area (TPSA) is 23.1 Å². The van der Waals surface area contributed by atoms with Crippen molar-refractivity contribution >= 4 is 15.9 Å². The summed E-state index contributed by atoms with van der Waals surface area (Å²) in [4.78, 5) is 0. The summed E-state index contributed by atoms with van der Waals surface area (Å²) < 4.78 is 0.625. The molecule has 0 heterocycles. The van der Waals surface area contributed by atoms with Gasteiger partial charge in [0.15, 0.2) is 0 Å². The molecule has 0 atom stereocenters. The zero-order valence-corrected chi connectivity index (χ0v) is 6.68. The van der Waals surface area contributed by atoms with Crippen LogP contribution in [0.15, 0.2) is 28.7 Å². The van der Waals surface area contributed by atoms with Crippen LogP contribution in [0.4, 0.5) is 0 Å². The van der Waals surface area contributed by atoms with E-state index in [4.69, 9.17) is 0 Å². The SMILES string of the molecule is [Li+].[O-]c1ccccc1Br. The Morgan fingerprint density at radius 3 is 2.11 bits per heavy atom. The van der Waals surface area contributed by atoms with E-state index in [0.29, 0.717) is 4.47 Å². The average Bonchev–Trinajstić information content (AvgIpc) is 1.77. The first-order chi connectivity index (χ1) is 3.80. The molecule has 0 aliphatic heterocycles. The smallest absolute Gasteiger partial charge is 0.872 e. The van der Waals surface area contributed by atoms with Gasteiger partial charge in [0.05, 0.1) is 0 Å². The van der Waals surface area contributed by atoms with Crippen molar-refractivity contribution in [2.24, 2.45) is 0 Å². The normalized spacial score (nSPS) is 8.11. The molecule has 0 bridgehead atoms. The van der Waals surface area contributed by atoms with Gasteiger partial charge < -0.3 is 5.11 Å². The zero-order valence-electron chi connectivity index (χ0n) is 5.10. The minimum absolute atomic E-state index is 0. The van der Waals surface area contributed by atoms with Gasteiger partial charge in [0.25, 0.3) is 0 Å². The van der Waals surface area contributed by atoms with Crippen LogP contribution in [0, 0.1) is 0 Å². The van der Waals surface area contributed by atoms with Crippen molar-refractivity contribution in [3.63, 3.8) is 0 Å². The van der Waals surface area contributed by atoms with Gasteiger partial charge in [-0.1, -0.05) is 39.9 Å². The molecule has 0 N–H and O–H groups in total. The van der Waals surface area contributed by atoms with E-state index in [1.807, 2.05) is 6.07 Å². The number of benzene rings is 1. The van der Waals surface area contributed by atoms with E-state index in [9.17, 15) is 5.11 Å². The molecule has 0 amide bonds. The Labute approximate surface area is 74.4 Å². The molecular weight excluding hydrogens is 175 g/mol. The predicted molar refractivity (Wildman–Crippen MR) is 33.6 cm³/mol. The minimum Gasteiger partial charge on any atom is -0.872 e. The number of halogens is 1. The van der Waals surface area contributed by atoms with Crippen LogP contribution in [0.2, 0.25) is 0 Å². The second-order valence-electron chi connectivity index (χ2n) is 1.43. The molecule has 42 valence electrons. The second kappa shape index (κ2) is 4.00. The molecule has 1 rings (SSSR count). The van der Waals surface area contributed by atoms with Crippen molar-refractivity contribution < 1.29 is 24.0 Å². The molecule has 0 fully saturated rings. The molecule has 1 aromatic carbocycles. The van der Waals surface area contributed by atoms with Crippen molar-refractivity contribution in [3.8, 4) is 5.75 Å². The molecule has 0 aliphatic carbocycles. The summed E-state index contributed by atoms with van der Waals surface area (Å²) in [5.74, 6) is 0.0347. The van der Waals surface area contributed by atoms with Gasteiger partial charge in [0, 0.05) is 4.47 Å². The van der Waals surface area contributed by atoms with Gasteiger partial charge in [-0.3, -0.25) is 0 Å². The fraction of sp³-hybridized carbons (Fsp3) is 0. The molecule has 9 heavy (non-hydrogen) atoms. The van der Waals surface area contributed by atoms with E-state index in [1.165, 1.54) is 6.07 Å². The van der Waals surface area contributed by atoms with Crippen molar-refractivity contribution in [2.75, 3.05) is 0 Å². The van der Waals surface area contributed by atoms with Crippen molar-refractivity contribution in [1.29, 1.82) is 0 Å². The van der Waals surface area contributed by atoms with E-state index >= 15 is 0 Å². The Morgan fingerprint density at radius 1 is 1.22 bits per heavy atom. The van der Waals surface area contributed by atoms with E-state index in [1.54, 1.807) is 12.1 Å². The quantitative estimate of drug-likeness (QED) is 0.445. The summed E-state index contributed by atoms with van der Waals surface area (Å²) in [5, 5.41) is 10.6. The van der Waals surface area contributed by atoms with Crippen LogP contribution in [0.5, 0.6) is 5.75 Å². The molecule has 0 radical (unpaired) electrons. The van der Waals surface area contributed by atoms with Gasteiger partial charge in [-0.15, -0.1) is 0 Å². The molecule has 1 nitrogen and oxygen atoms in total. The molecular formula is C6H4BrLiO. The summed E-state index contributed by atoms with van der Waals surface area (Å²) in [5.41, 5.74) is 0. The Kier molecular flexibility index (Phi) is 4.04. The van der Waals surface area contributed by atoms with Crippen molar-refractivity contribution in [2.45, 2.75) is 0 Å². The second-order valence-corrected chi connectivity index (χ2v) is 2.28. The first kappa shape index (κ1) is 9.10. The molecule has 3 heteroatoms. The molecule has 0 saturated heterocycles. The molecule has 0 spiro atoms. The van der Waals surface area contributed by atoms with Crippen LogP contribution >= 0.6 is 15.9 Å². The first-order valence-electron chi connectivity index (χ1n) is 2.22. The van der Waals surface area contributed by atoms with Gasteiger partial charge in [0.1, 0.15) is 0 Å². The summed E-state index contributed by atoms with van der Waals surface area (Å²) in [7, 11) is 0. The van der Waals surface area contributed by atoms with Crippen LogP contribution in [0.25, 0.3) is 0 Å². The molecule has 0 saturated carbocycles. The number of hydrogen-bond acceptors (Lipinski definition) is 1. The monoisotopic (exact) mass is 178 g/mol. The van der Waals surface area contributed by atoms with Crippen LogP contribution < -0.4 is 24.0 Å². The Hall–Kier alpha value is 0.0974. The summed E-state index contributed by atoms with van der Waals surface area (Å²) in [6, 6.07) is 6.77. The van der Waals surface area contributed by atoms with Crippen molar-refractivity contribution in [3.05, 3.63) is 28.7 Å². The predicted octanol–water partition coefficient (Wildman–Crippen LogP) is -1.47. The van der Waals surface area contributed by atoms with Crippen molar-refractivity contribution in [1.82, 2.24) is 0 Å². The fourth-order valence-corrected chi connectivity index (χ4v) is 0.730. The van der Waals surface area contributed by atoms with Gasteiger partial charge in [-0.25, -0.2) is 0 Å². The first-order valence-corrected chi connectivity index (χ1v) is 3.01. The largest absolute Gasteiger partial charge is 1.00 e. The van der Waals surface area contributed by atoms with E-state index < -0.39 is 0 Å². The zero-order chi connectivity index (χ0) is 5.98. The molecule has 0 aromatic heterocycles. The molecule has 1 aromatic rings. The maximum atomic E-state index is 10.6. The summed E-state index contributed by atoms with van der Waals surface area (Å²) in [6.07, 6.45) is 0. The number of para-hydroxylation sites is 1. The maximum absolute atomic E-state index is 10.6. The van der Waals surface area contributed by atoms with Crippen LogP contribution in [0.3, 0.4) is 0 Å². The fourth-order valence-electron chi connectivity index (χ4n) is 0.445. The van der Waals surface area contributed by atoms with E-state index in [2.05, 4.69) is 15.9 Å². The van der Waals surface area contributed by atoms with Gasteiger partial charge >= 0.3 is 18.9 Å². The number of rotatable bonds is 0. The van der Waals surface area contributed by atoms with Crippen LogP contribution in [0.1, 0.15) is 0 Å². The van der Waals surface area contributed by atoms with Gasteiger partial charge in [-0.2, -0.15) is 0 Å². The van der Waals surface area contributed by atoms with Crippen LogP contribution in [-0.4, -0.2) is 0 Å².